The molecule has 2 saturated heterocycles. The predicted octanol–water partition coefficient (Wildman–Crippen LogP) is 1.71. The van der Waals surface area contributed by atoms with E-state index in [1.807, 2.05) is 23.1 Å². The van der Waals surface area contributed by atoms with E-state index in [9.17, 15) is 9.59 Å². The standard InChI is InChI=1S/C20H30N4O3/c21-19(25)15-27-18-7-3-5-16(13-18)14-22-20(26)24-11-4-6-17(8-12-24)23-9-1-2-10-23/h3,5,7,13,17H,1-2,4,6,8-12,14-15H2,(H2,21,25)(H,22,26). The molecule has 2 heterocycles. The molecule has 148 valence electrons. The second-order valence-corrected chi connectivity index (χ2v) is 7.38. The van der Waals surface area contributed by atoms with Gasteiger partial charge in [-0.05, 0) is 62.9 Å². The van der Waals surface area contributed by atoms with Gasteiger partial charge in [0.15, 0.2) is 6.61 Å². The molecule has 2 fully saturated rings. The summed E-state index contributed by atoms with van der Waals surface area (Å²) < 4.78 is 5.31. The van der Waals surface area contributed by atoms with Crippen LogP contribution in [0.4, 0.5) is 4.79 Å². The van der Waals surface area contributed by atoms with Crippen molar-refractivity contribution in [1.29, 1.82) is 0 Å². The highest BCUT2D eigenvalue weighted by atomic mass is 16.5. The summed E-state index contributed by atoms with van der Waals surface area (Å²) in [5, 5.41) is 3.00. The topological polar surface area (TPSA) is 87.9 Å². The molecule has 1 atom stereocenters. The van der Waals surface area contributed by atoms with Crippen molar-refractivity contribution in [2.24, 2.45) is 5.73 Å². The van der Waals surface area contributed by atoms with Crippen molar-refractivity contribution in [2.45, 2.75) is 44.7 Å². The van der Waals surface area contributed by atoms with Gasteiger partial charge in [-0.15, -0.1) is 0 Å². The number of likely N-dealkylation sites (tertiary alicyclic amines) is 2. The number of benzene rings is 1. The molecule has 0 radical (unpaired) electrons. The van der Waals surface area contributed by atoms with E-state index >= 15 is 0 Å². The number of hydrogen-bond acceptors (Lipinski definition) is 4. The molecule has 3 rings (SSSR count). The van der Waals surface area contributed by atoms with Gasteiger partial charge in [0.2, 0.25) is 0 Å². The van der Waals surface area contributed by atoms with Crippen LogP contribution in [-0.4, -0.2) is 60.6 Å². The van der Waals surface area contributed by atoms with Crippen molar-refractivity contribution in [3.63, 3.8) is 0 Å². The van der Waals surface area contributed by atoms with E-state index in [1.165, 1.54) is 32.4 Å². The number of carbonyl (C=O) groups excluding carboxylic acids is 2. The zero-order chi connectivity index (χ0) is 19.1. The monoisotopic (exact) mass is 374 g/mol. The predicted molar refractivity (Wildman–Crippen MR) is 103 cm³/mol. The van der Waals surface area contributed by atoms with Crippen LogP contribution in [0.15, 0.2) is 24.3 Å². The lowest BCUT2D eigenvalue weighted by Gasteiger charge is -2.26. The van der Waals surface area contributed by atoms with E-state index in [-0.39, 0.29) is 12.6 Å². The maximum absolute atomic E-state index is 12.6. The lowest BCUT2D eigenvalue weighted by molar-refractivity contribution is -0.119. The molecule has 3 amide bonds. The average Bonchev–Trinajstić information content (AvgIpc) is 3.09. The van der Waals surface area contributed by atoms with Gasteiger partial charge in [0.05, 0.1) is 0 Å². The van der Waals surface area contributed by atoms with Crippen molar-refractivity contribution < 1.29 is 14.3 Å². The quantitative estimate of drug-likeness (QED) is 0.793. The SMILES string of the molecule is NC(=O)COc1cccc(CNC(=O)N2CCCC(N3CCCC3)CC2)c1. The average molecular weight is 374 g/mol. The van der Waals surface area contributed by atoms with E-state index in [0.717, 1.165) is 31.5 Å². The second-order valence-electron chi connectivity index (χ2n) is 7.38. The summed E-state index contributed by atoms with van der Waals surface area (Å²) in [5.41, 5.74) is 6.02. The Hall–Kier alpha value is -2.28. The van der Waals surface area contributed by atoms with Gasteiger partial charge in [0.1, 0.15) is 5.75 Å². The molecule has 2 aliphatic heterocycles. The first kappa shape index (κ1) is 19.5. The van der Waals surface area contributed by atoms with Crippen LogP contribution in [0.25, 0.3) is 0 Å². The summed E-state index contributed by atoms with van der Waals surface area (Å²) in [6.45, 7) is 4.34. The normalized spacial score (nSPS) is 20.9. The first-order valence-corrected chi connectivity index (χ1v) is 9.88. The molecule has 7 nitrogen and oxygen atoms in total. The first-order valence-electron chi connectivity index (χ1n) is 9.88. The first-order chi connectivity index (χ1) is 13.1. The van der Waals surface area contributed by atoms with Crippen LogP contribution < -0.4 is 15.8 Å². The minimum absolute atomic E-state index is 0.0134. The van der Waals surface area contributed by atoms with Crippen LogP contribution in [0.3, 0.4) is 0 Å². The Morgan fingerprint density at radius 3 is 2.70 bits per heavy atom. The third-order valence-corrected chi connectivity index (χ3v) is 5.37. The highest BCUT2D eigenvalue weighted by Gasteiger charge is 2.26. The zero-order valence-electron chi connectivity index (χ0n) is 15.9. The number of nitrogens with two attached hydrogens (primary N) is 1. The number of nitrogens with zero attached hydrogens (tertiary/aromatic N) is 2. The summed E-state index contributed by atoms with van der Waals surface area (Å²) in [6, 6.07) is 7.95. The summed E-state index contributed by atoms with van der Waals surface area (Å²) in [6.07, 6.45) is 5.92. The highest BCUT2D eigenvalue weighted by molar-refractivity contribution is 5.75. The molecule has 1 unspecified atom stereocenters. The van der Waals surface area contributed by atoms with Crippen molar-refractivity contribution in [3.05, 3.63) is 29.8 Å². The van der Waals surface area contributed by atoms with Gasteiger partial charge < -0.3 is 25.6 Å². The minimum atomic E-state index is -0.512. The fraction of sp³-hybridized carbons (Fsp3) is 0.600. The molecule has 0 saturated carbocycles. The Labute approximate surface area is 160 Å². The minimum Gasteiger partial charge on any atom is -0.484 e. The molecule has 1 aromatic rings. The Bertz CT molecular complexity index is 646. The van der Waals surface area contributed by atoms with Crippen molar-refractivity contribution >= 4 is 11.9 Å². The summed E-state index contributed by atoms with van der Waals surface area (Å²) in [5.74, 6) is 0.0610. The van der Waals surface area contributed by atoms with Crippen LogP contribution in [0, 0.1) is 0 Å². The summed E-state index contributed by atoms with van der Waals surface area (Å²) in [4.78, 5) is 27.9. The molecule has 1 aromatic carbocycles. The number of rotatable bonds is 6. The van der Waals surface area contributed by atoms with Gasteiger partial charge in [-0.1, -0.05) is 12.1 Å². The van der Waals surface area contributed by atoms with Gasteiger partial charge >= 0.3 is 6.03 Å². The highest BCUT2D eigenvalue weighted by Crippen LogP contribution is 2.21. The van der Waals surface area contributed by atoms with Crippen molar-refractivity contribution in [3.8, 4) is 5.75 Å². The van der Waals surface area contributed by atoms with Crippen molar-refractivity contribution in [2.75, 3.05) is 32.8 Å². The molecule has 0 aliphatic carbocycles. The largest absolute Gasteiger partial charge is 0.484 e. The van der Waals surface area contributed by atoms with Crippen LogP contribution in [0.2, 0.25) is 0 Å². The molecule has 0 spiro atoms. The lowest BCUT2D eigenvalue weighted by atomic mass is 10.1. The fourth-order valence-electron chi connectivity index (χ4n) is 3.94. The van der Waals surface area contributed by atoms with Gasteiger partial charge in [0, 0.05) is 25.7 Å². The molecule has 27 heavy (non-hydrogen) atoms. The molecular weight excluding hydrogens is 344 g/mol. The molecule has 0 aromatic heterocycles. The van der Waals surface area contributed by atoms with Crippen LogP contribution >= 0.6 is 0 Å². The summed E-state index contributed by atoms with van der Waals surface area (Å²) >= 11 is 0. The van der Waals surface area contributed by atoms with Gasteiger partial charge in [-0.25, -0.2) is 4.79 Å². The van der Waals surface area contributed by atoms with Gasteiger partial charge in [-0.3, -0.25) is 4.79 Å². The van der Waals surface area contributed by atoms with E-state index in [1.54, 1.807) is 6.07 Å². The van der Waals surface area contributed by atoms with Gasteiger partial charge in [0.25, 0.3) is 5.91 Å². The van der Waals surface area contributed by atoms with E-state index in [2.05, 4.69) is 10.2 Å². The smallest absolute Gasteiger partial charge is 0.317 e. The second kappa shape index (κ2) is 9.60. The van der Waals surface area contributed by atoms with E-state index < -0.39 is 5.91 Å². The number of nitrogens with one attached hydrogen (secondary N) is 1. The molecule has 2 aliphatic rings. The Morgan fingerprint density at radius 2 is 1.93 bits per heavy atom. The van der Waals surface area contributed by atoms with Crippen LogP contribution in [0.1, 0.15) is 37.7 Å². The third kappa shape index (κ3) is 5.85. The number of urea groups is 1. The van der Waals surface area contributed by atoms with E-state index in [0.29, 0.717) is 18.3 Å². The Balaban J connectivity index is 1.46. The maximum atomic E-state index is 12.6. The maximum Gasteiger partial charge on any atom is 0.317 e. The van der Waals surface area contributed by atoms with Crippen LogP contribution in [0.5, 0.6) is 5.75 Å². The zero-order valence-corrected chi connectivity index (χ0v) is 15.9. The number of carbonyl (C=O) groups is 2. The fourth-order valence-corrected chi connectivity index (χ4v) is 3.94. The molecule has 0 bridgehead atoms. The Morgan fingerprint density at radius 1 is 1.11 bits per heavy atom. The van der Waals surface area contributed by atoms with E-state index in [4.69, 9.17) is 10.5 Å². The molecule has 7 heteroatoms. The summed E-state index contributed by atoms with van der Waals surface area (Å²) in [7, 11) is 0. The number of hydrogen-bond donors (Lipinski definition) is 2. The van der Waals surface area contributed by atoms with Crippen LogP contribution in [-0.2, 0) is 11.3 Å². The molecule has 3 N–H and O–H groups in total. The third-order valence-electron chi connectivity index (χ3n) is 5.37. The number of primary amides is 1. The van der Waals surface area contributed by atoms with Crippen molar-refractivity contribution in [1.82, 2.24) is 15.1 Å². The number of ether oxygens (including phenoxy) is 1. The van der Waals surface area contributed by atoms with Gasteiger partial charge in [-0.2, -0.15) is 0 Å². The Kier molecular flexibility index (Phi) is 6.92. The number of amides is 3. The molecular formula is C20H30N4O3. The lowest BCUT2D eigenvalue weighted by Crippen LogP contribution is -2.41.